The van der Waals surface area contributed by atoms with Crippen LogP contribution in [0.1, 0.15) is 42.9 Å². The number of rotatable bonds is 5. The van der Waals surface area contributed by atoms with E-state index in [1.165, 1.54) is 51.0 Å². The molecule has 3 nitrogen and oxygen atoms in total. The van der Waals surface area contributed by atoms with Gasteiger partial charge in [0.15, 0.2) is 0 Å². The van der Waals surface area contributed by atoms with Crippen molar-refractivity contribution in [1.29, 1.82) is 0 Å². The number of hydrogen-bond acceptors (Lipinski definition) is 3. The fourth-order valence-corrected chi connectivity index (χ4v) is 3.68. The fourth-order valence-electron chi connectivity index (χ4n) is 3.68. The average Bonchev–Trinajstić information content (AvgIpc) is 3.16. The van der Waals surface area contributed by atoms with Crippen molar-refractivity contribution in [1.82, 2.24) is 9.80 Å². The lowest BCUT2D eigenvalue weighted by molar-refractivity contribution is 0.145. The molecule has 2 aliphatic heterocycles. The molecule has 0 aromatic heterocycles. The van der Waals surface area contributed by atoms with Crippen LogP contribution in [-0.4, -0.2) is 53.7 Å². The summed E-state index contributed by atoms with van der Waals surface area (Å²) in [5.41, 5.74) is 2.30. The highest BCUT2D eigenvalue weighted by atomic mass is 16.3. The van der Waals surface area contributed by atoms with Gasteiger partial charge in [-0.25, -0.2) is 0 Å². The number of benzene rings is 1. The van der Waals surface area contributed by atoms with Gasteiger partial charge in [-0.05, 0) is 57.8 Å². The Kier molecular flexibility index (Phi) is 4.94. The third kappa shape index (κ3) is 3.85. The molecular weight excluding hydrogens is 260 g/mol. The van der Waals surface area contributed by atoms with Crippen molar-refractivity contribution in [2.75, 3.05) is 32.7 Å². The second-order valence-electron chi connectivity index (χ2n) is 6.70. The molecule has 0 amide bonds. The molecule has 1 aromatic rings. The molecule has 2 unspecified atom stereocenters. The maximum atomic E-state index is 10.3. The summed E-state index contributed by atoms with van der Waals surface area (Å²) in [7, 11) is 0. The van der Waals surface area contributed by atoms with E-state index in [0.29, 0.717) is 0 Å². The third-order valence-electron chi connectivity index (χ3n) is 5.09. The zero-order valence-corrected chi connectivity index (χ0v) is 13.2. The second kappa shape index (κ2) is 6.91. The van der Waals surface area contributed by atoms with Crippen LogP contribution in [0, 0.1) is 6.92 Å². The predicted molar refractivity (Wildman–Crippen MR) is 86.4 cm³/mol. The van der Waals surface area contributed by atoms with E-state index in [9.17, 15) is 5.11 Å². The molecule has 1 aromatic carbocycles. The topological polar surface area (TPSA) is 26.7 Å². The highest BCUT2D eigenvalue weighted by molar-refractivity contribution is 5.23. The van der Waals surface area contributed by atoms with Gasteiger partial charge in [0, 0.05) is 19.1 Å². The molecule has 1 N–H and O–H groups in total. The maximum Gasteiger partial charge on any atom is 0.0802 e. The van der Waals surface area contributed by atoms with E-state index in [1.54, 1.807) is 0 Å². The molecule has 2 heterocycles. The minimum atomic E-state index is -0.323. The monoisotopic (exact) mass is 288 g/mol. The van der Waals surface area contributed by atoms with E-state index >= 15 is 0 Å². The zero-order chi connectivity index (χ0) is 14.7. The normalized spacial score (nSPS) is 25.5. The Balaban J connectivity index is 1.44. The maximum absolute atomic E-state index is 10.3. The van der Waals surface area contributed by atoms with E-state index in [0.717, 1.165) is 24.6 Å². The molecular formula is C18H28N2O. The van der Waals surface area contributed by atoms with Gasteiger partial charge in [-0.15, -0.1) is 0 Å². The molecule has 3 rings (SSSR count). The minimum absolute atomic E-state index is 0.323. The summed E-state index contributed by atoms with van der Waals surface area (Å²) in [5, 5.41) is 10.3. The quantitative estimate of drug-likeness (QED) is 0.902. The predicted octanol–water partition coefficient (Wildman–Crippen LogP) is 2.59. The Morgan fingerprint density at radius 2 is 1.86 bits per heavy atom. The molecule has 3 heteroatoms. The minimum Gasteiger partial charge on any atom is -0.388 e. The first-order valence-electron chi connectivity index (χ1n) is 8.43. The Labute approximate surface area is 128 Å². The van der Waals surface area contributed by atoms with Crippen molar-refractivity contribution in [3.8, 4) is 0 Å². The number of aryl methyl sites for hydroxylation is 1. The van der Waals surface area contributed by atoms with E-state index < -0.39 is 0 Å². The largest absolute Gasteiger partial charge is 0.388 e. The molecule has 116 valence electrons. The first-order chi connectivity index (χ1) is 10.2. The first kappa shape index (κ1) is 15.0. The van der Waals surface area contributed by atoms with Crippen LogP contribution in [0.4, 0.5) is 0 Å². The Morgan fingerprint density at radius 1 is 1.14 bits per heavy atom. The van der Waals surface area contributed by atoms with Crippen molar-refractivity contribution in [3.05, 3.63) is 35.4 Å². The van der Waals surface area contributed by atoms with Gasteiger partial charge in [0.05, 0.1) is 6.10 Å². The summed E-state index contributed by atoms with van der Waals surface area (Å²) in [6.45, 7) is 8.08. The van der Waals surface area contributed by atoms with Crippen LogP contribution in [0.3, 0.4) is 0 Å². The van der Waals surface area contributed by atoms with E-state index in [4.69, 9.17) is 0 Å². The Morgan fingerprint density at radius 3 is 2.57 bits per heavy atom. The summed E-state index contributed by atoms with van der Waals surface area (Å²) in [4.78, 5) is 5.19. The van der Waals surface area contributed by atoms with E-state index in [2.05, 4.69) is 41.0 Å². The highest BCUT2D eigenvalue weighted by Gasteiger charge is 2.29. The van der Waals surface area contributed by atoms with Gasteiger partial charge in [-0.2, -0.15) is 0 Å². The molecule has 0 aliphatic carbocycles. The van der Waals surface area contributed by atoms with Crippen LogP contribution in [0.25, 0.3) is 0 Å². The molecule has 0 bridgehead atoms. The van der Waals surface area contributed by atoms with Gasteiger partial charge in [-0.1, -0.05) is 29.8 Å². The number of hydrogen-bond donors (Lipinski definition) is 1. The van der Waals surface area contributed by atoms with Crippen LogP contribution in [-0.2, 0) is 0 Å². The standard InChI is InChI=1S/C18H28N2O/c1-15-4-6-16(7-5-15)18(21)9-13-19-12-8-17(14-19)20-10-2-3-11-20/h4-7,17-18,21H,2-3,8-14H2,1H3. The lowest BCUT2D eigenvalue weighted by Gasteiger charge is -2.24. The molecule has 2 saturated heterocycles. The molecule has 0 spiro atoms. The van der Waals surface area contributed by atoms with Gasteiger partial charge >= 0.3 is 0 Å². The smallest absolute Gasteiger partial charge is 0.0802 e. The Bertz CT molecular complexity index is 439. The molecule has 0 saturated carbocycles. The zero-order valence-electron chi connectivity index (χ0n) is 13.2. The van der Waals surface area contributed by atoms with Crippen LogP contribution in [0.15, 0.2) is 24.3 Å². The number of nitrogens with zero attached hydrogens (tertiary/aromatic N) is 2. The first-order valence-corrected chi connectivity index (χ1v) is 8.43. The molecule has 2 atom stereocenters. The summed E-state index contributed by atoms with van der Waals surface area (Å²) < 4.78 is 0. The van der Waals surface area contributed by atoms with Gasteiger partial charge < -0.3 is 10.0 Å². The van der Waals surface area contributed by atoms with E-state index in [1.807, 2.05) is 0 Å². The molecule has 21 heavy (non-hydrogen) atoms. The van der Waals surface area contributed by atoms with Gasteiger partial charge in [0.25, 0.3) is 0 Å². The lowest BCUT2D eigenvalue weighted by atomic mass is 10.0. The summed E-state index contributed by atoms with van der Waals surface area (Å²) >= 11 is 0. The van der Waals surface area contributed by atoms with Crippen molar-refractivity contribution >= 4 is 0 Å². The van der Waals surface area contributed by atoms with Crippen molar-refractivity contribution in [3.63, 3.8) is 0 Å². The van der Waals surface area contributed by atoms with Gasteiger partial charge in [0.2, 0.25) is 0 Å². The molecule has 2 fully saturated rings. The van der Waals surface area contributed by atoms with Crippen LogP contribution in [0.5, 0.6) is 0 Å². The SMILES string of the molecule is Cc1ccc(C(O)CCN2CCC(N3CCCC3)C2)cc1. The lowest BCUT2D eigenvalue weighted by Crippen LogP contribution is -2.35. The number of likely N-dealkylation sites (tertiary alicyclic amines) is 2. The van der Waals surface area contributed by atoms with Gasteiger partial charge in [0.1, 0.15) is 0 Å². The van der Waals surface area contributed by atoms with Crippen LogP contribution in [0.2, 0.25) is 0 Å². The summed E-state index contributed by atoms with van der Waals surface area (Å²) in [5.74, 6) is 0. The average molecular weight is 288 g/mol. The van der Waals surface area contributed by atoms with Gasteiger partial charge in [-0.3, -0.25) is 4.90 Å². The summed E-state index contributed by atoms with van der Waals surface area (Å²) in [6, 6.07) is 9.04. The highest BCUT2D eigenvalue weighted by Crippen LogP contribution is 2.22. The Hall–Kier alpha value is -0.900. The second-order valence-corrected chi connectivity index (χ2v) is 6.70. The molecule has 0 radical (unpaired) electrons. The molecule has 2 aliphatic rings. The summed E-state index contributed by atoms with van der Waals surface area (Å²) in [6.07, 6.45) is 4.58. The van der Waals surface area contributed by atoms with Crippen molar-refractivity contribution in [2.45, 2.75) is 44.8 Å². The van der Waals surface area contributed by atoms with Crippen molar-refractivity contribution in [2.24, 2.45) is 0 Å². The third-order valence-corrected chi connectivity index (χ3v) is 5.09. The fraction of sp³-hybridized carbons (Fsp3) is 0.667. The van der Waals surface area contributed by atoms with E-state index in [-0.39, 0.29) is 6.10 Å². The number of aliphatic hydroxyl groups excluding tert-OH is 1. The number of aliphatic hydroxyl groups is 1. The van der Waals surface area contributed by atoms with Crippen LogP contribution >= 0.6 is 0 Å². The van der Waals surface area contributed by atoms with Crippen molar-refractivity contribution < 1.29 is 5.11 Å². The van der Waals surface area contributed by atoms with Crippen LogP contribution < -0.4 is 0 Å².